The normalized spacial score (nSPS) is 12.8. The first kappa shape index (κ1) is 17.8. The average Bonchev–Trinajstić information content (AvgIpc) is 2.48. The van der Waals surface area contributed by atoms with Gasteiger partial charge in [-0.2, -0.15) is 0 Å². The third-order valence-electron chi connectivity index (χ3n) is 2.44. The van der Waals surface area contributed by atoms with Crippen molar-refractivity contribution in [2.75, 3.05) is 27.9 Å². The molecule has 0 heterocycles. The van der Waals surface area contributed by atoms with Gasteiger partial charge in [0.15, 0.2) is 0 Å². The molecule has 0 saturated carbocycles. The molecule has 0 unspecified atom stereocenters. The van der Waals surface area contributed by atoms with Crippen molar-refractivity contribution in [3.05, 3.63) is 0 Å². The Kier molecular flexibility index (Phi) is 7.90. The molecule has 0 fully saturated rings. The van der Waals surface area contributed by atoms with E-state index >= 15 is 0 Å². The number of carbonyl (C=O) groups excluding carboxylic acids is 4. The molecule has 0 aliphatic heterocycles. The molecule has 0 aromatic rings. The molecule has 0 aromatic heterocycles. The second-order valence-electron chi connectivity index (χ2n) is 3.64. The van der Waals surface area contributed by atoms with Gasteiger partial charge in [0.05, 0.1) is 33.7 Å². The maximum atomic E-state index is 11.6. The van der Waals surface area contributed by atoms with Crippen LogP contribution in [-0.4, -0.2) is 62.9 Å². The summed E-state index contributed by atoms with van der Waals surface area (Å²) in [6.07, 6.45) is -0.491. The zero-order chi connectivity index (χ0) is 15.7. The molecule has 1 amide bonds. The summed E-state index contributed by atoms with van der Waals surface area (Å²) in [7, 11) is 3.22. The predicted molar refractivity (Wildman–Crippen MR) is 63.2 cm³/mol. The Morgan fingerprint density at radius 3 is 1.95 bits per heavy atom. The summed E-state index contributed by atoms with van der Waals surface area (Å²) < 4.78 is 13.3. The zero-order valence-corrected chi connectivity index (χ0v) is 11.4. The maximum absolute atomic E-state index is 11.6. The monoisotopic (exact) mass is 291 g/mol. The van der Waals surface area contributed by atoms with Crippen LogP contribution in [-0.2, 0) is 33.4 Å². The van der Waals surface area contributed by atoms with Gasteiger partial charge in [-0.05, 0) is 0 Å². The van der Waals surface area contributed by atoms with Crippen molar-refractivity contribution in [1.29, 1.82) is 0 Å². The van der Waals surface area contributed by atoms with Gasteiger partial charge in [0.1, 0.15) is 12.6 Å². The number of carbonyl (C=O) groups is 4. The van der Waals surface area contributed by atoms with Crippen LogP contribution in [0, 0.1) is 5.92 Å². The summed E-state index contributed by atoms with van der Waals surface area (Å²) in [5.41, 5.74) is 0. The molecule has 0 radical (unpaired) electrons. The first-order valence-electron chi connectivity index (χ1n) is 5.53. The van der Waals surface area contributed by atoms with Crippen LogP contribution in [0.5, 0.6) is 0 Å². The summed E-state index contributed by atoms with van der Waals surface area (Å²) in [5, 5.41) is 10.8. The van der Waals surface area contributed by atoms with E-state index in [2.05, 4.69) is 19.5 Å². The van der Waals surface area contributed by atoms with Gasteiger partial charge < -0.3 is 24.6 Å². The Bertz CT molecular complexity index is 345. The minimum absolute atomic E-state index is 0.491. The molecule has 9 nitrogen and oxygen atoms in total. The quantitative estimate of drug-likeness (QED) is 0.406. The summed E-state index contributed by atoms with van der Waals surface area (Å²) in [4.78, 5) is 45.7. The van der Waals surface area contributed by atoms with E-state index in [-0.39, 0.29) is 0 Å². The van der Waals surface area contributed by atoms with Crippen molar-refractivity contribution >= 4 is 23.8 Å². The number of aliphatic hydroxyl groups excluding tert-OH is 1. The Morgan fingerprint density at radius 1 is 1.00 bits per heavy atom. The molecule has 0 rings (SSSR count). The Hall–Kier alpha value is -2.16. The van der Waals surface area contributed by atoms with Crippen LogP contribution in [0.1, 0.15) is 6.42 Å². The van der Waals surface area contributed by atoms with E-state index in [0.717, 1.165) is 21.3 Å². The predicted octanol–water partition coefficient (Wildman–Crippen LogP) is -2.01. The van der Waals surface area contributed by atoms with Gasteiger partial charge in [0.2, 0.25) is 5.91 Å². The lowest BCUT2D eigenvalue weighted by Crippen LogP contribution is -2.50. The number of rotatable bonds is 7. The maximum Gasteiger partial charge on any atom is 0.329 e. The van der Waals surface area contributed by atoms with E-state index in [9.17, 15) is 19.2 Å². The average molecular weight is 291 g/mol. The van der Waals surface area contributed by atoms with Crippen molar-refractivity contribution in [3.63, 3.8) is 0 Å². The molecule has 0 saturated heterocycles. The van der Waals surface area contributed by atoms with Gasteiger partial charge in [-0.1, -0.05) is 0 Å². The molecular weight excluding hydrogens is 274 g/mol. The number of ether oxygens (including phenoxy) is 3. The molecule has 9 heteroatoms. The van der Waals surface area contributed by atoms with Gasteiger partial charge in [0, 0.05) is 0 Å². The lowest BCUT2D eigenvalue weighted by molar-refractivity contribution is -0.159. The molecule has 2 atom stereocenters. The van der Waals surface area contributed by atoms with Crippen LogP contribution < -0.4 is 5.32 Å². The summed E-state index contributed by atoms with van der Waals surface area (Å²) in [6.45, 7) is -0.889. The van der Waals surface area contributed by atoms with E-state index in [1.54, 1.807) is 0 Å². The van der Waals surface area contributed by atoms with Gasteiger partial charge in [-0.3, -0.25) is 14.4 Å². The molecule has 20 heavy (non-hydrogen) atoms. The number of hydrogen-bond donors (Lipinski definition) is 2. The highest BCUT2D eigenvalue weighted by Gasteiger charge is 2.38. The molecule has 2 N–H and O–H groups in total. The van der Waals surface area contributed by atoms with Crippen molar-refractivity contribution < 1.29 is 38.5 Å². The van der Waals surface area contributed by atoms with Crippen LogP contribution in [0.4, 0.5) is 0 Å². The van der Waals surface area contributed by atoms with Crippen molar-refractivity contribution in [2.45, 2.75) is 12.5 Å². The third-order valence-corrected chi connectivity index (χ3v) is 2.44. The van der Waals surface area contributed by atoms with Crippen molar-refractivity contribution in [1.82, 2.24) is 5.32 Å². The van der Waals surface area contributed by atoms with E-state index in [4.69, 9.17) is 5.11 Å². The molecule has 0 spiro atoms. The topological polar surface area (TPSA) is 128 Å². The lowest BCUT2D eigenvalue weighted by Gasteiger charge is -2.23. The highest BCUT2D eigenvalue weighted by Crippen LogP contribution is 2.14. The summed E-state index contributed by atoms with van der Waals surface area (Å²) in [6, 6.07) is -1.47. The minimum Gasteiger partial charge on any atom is -0.469 e. The number of hydrogen-bond acceptors (Lipinski definition) is 8. The first-order valence-corrected chi connectivity index (χ1v) is 5.53. The molecule has 0 aliphatic carbocycles. The van der Waals surface area contributed by atoms with Crippen LogP contribution in [0.25, 0.3) is 0 Å². The van der Waals surface area contributed by atoms with Crippen LogP contribution in [0.15, 0.2) is 0 Å². The van der Waals surface area contributed by atoms with Gasteiger partial charge in [-0.25, -0.2) is 4.79 Å². The number of nitrogens with one attached hydrogen (secondary N) is 1. The van der Waals surface area contributed by atoms with Gasteiger partial charge in [0.25, 0.3) is 0 Å². The zero-order valence-electron chi connectivity index (χ0n) is 11.4. The Morgan fingerprint density at radius 2 is 1.55 bits per heavy atom. The Balaban J connectivity index is 5.26. The van der Waals surface area contributed by atoms with Crippen LogP contribution in [0.3, 0.4) is 0 Å². The highest BCUT2D eigenvalue weighted by atomic mass is 16.5. The first-order chi connectivity index (χ1) is 9.40. The SMILES string of the molecule is COC(=O)C[C@H](C(=O)OC)[C@H](NC(=O)CO)C(=O)OC. The molecule has 0 bridgehead atoms. The smallest absolute Gasteiger partial charge is 0.329 e. The number of amides is 1. The Labute approximate surface area is 115 Å². The highest BCUT2D eigenvalue weighted by molar-refractivity contribution is 5.91. The van der Waals surface area contributed by atoms with Gasteiger partial charge in [-0.15, -0.1) is 0 Å². The van der Waals surface area contributed by atoms with E-state index in [1.165, 1.54) is 0 Å². The van der Waals surface area contributed by atoms with E-state index in [0.29, 0.717) is 0 Å². The number of esters is 3. The summed E-state index contributed by atoms with van der Waals surface area (Å²) >= 11 is 0. The summed E-state index contributed by atoms with van der Waals surface area (Å²) in [5.74, 6) is -4.85. The van der Waals surface area contributed by atoms with Crippen molar-refractivity contribution in [2.24, 2.45) is 5.92 Å². The fourth-order valence-electron chi connectivity index (χ4n) is 1.42. The van der Waals surface area contributed by atoms with Crippen LogP contribution in [0.2, 0.25) is 0 Å². The van der Waals surface area contributed by atoms with Crippen molar-refractivity contribution in [3.8, 4) is 0 Å². The molecule has 114 valence electrons. The van der Waals surface area contributed by atoms with Gasteiger partial charge >= 0.3 is 17.9 Å². The minimum atomic E-state index is -1.47. The lowest BCUT2D eigenvalue weighted by atomic mass is 9.96. The fraction of sp³-hybridized carbons (Fsp3) is 0.636. The largest absolute Gasteiger partial charge is 0.469 e. The number of aliphatic hydroxyl groups is 1. The molecule has 0 aromatic carbocycles. The molecule has 0 aliphatic rings. The van der Waals surface area contributed by atoms with E-state index < -0.39 is 48.8 Å². The number of methoxy groups -OCH3 is 3. The second kappa shape index (κ2) is 8.86. The standard InChI is InChI=1S/C11H17NO8/c1-18-8(15)4-6(10(16)19-2)9(11(17)20-3)12-7(14)5-13/h6,9,13H,4-5H2,1-3H3,(H,12,14)/t6-,9-/m0/s1. The second-order valence-corrected chi connectivity index (χ2v) is 3.64. The van der Waals surface area contributed by atoms with E-state index in [1.807, 2.05) is 0 Å². The third kappa shape index (κ3) is 5.22. The molecular formula is C11H17NO8. The van der Waals surface area contributed by atoms with Crippen LogP contribution >= 0.6 is 0 Å². The fourth-order valence-corrected chi connectivity index (χ4v) is 1.42.